The van der Waals surface area contributed by atoms with Crippen molar-refractivity contribution in [3.8, 4) is 5.75 Å². The molecule has 10 heteroatoms. The van der Waals surface area contributed by atoms with Gasteiger partial charge < -0.3 is 19.6 Å². The first-order chi connectivity index (χ1) is 12.4. The fourth-order valence-electron chi connectivity index (χ4n) is 2.55. The number of nitrogens with one attached hydrogen (secondary N) is 2. The number of H-pyrrole nitrogens is 1. The highest BCUT2D eigenvalue weighted by atomic mass is 19.4. The lowest BCUT2D eigenvalue weighted by molar-refractivity contribution is -0.274. The average molecular weight is 367 g/mol. The summed E-state index contributed by atoms with van der Waals surface area (Å²) in [5.74, 6) is 0.0538. The van der Waals surface area contributed by atoms with Gasteiger partial charge in [-0.05, 0) is 25.1 Å². The summed E-state index contributed by atoms with van der Waals surface area (Å²) in [6, 6.07) is 5.41. The van der Waals surface area contributed by atoms with Crippen LogP contribution in [0.15, 0.2) is 30.6 Å². The number of halogens is 3. The van der Waals surface area contributed by atoms with Gasteiger partial charge in [0, 0.05) is 36.5 Å². The number of nitrogens with zero attached hydrogens (tertiary/aromatic N) is 3. The maximum absolute atomic E-state index is 12.3. The van der Waals surface area contributed by atoms with Crippen LogP contribution in [0.5, 0.6) is 5.75 Å². The summed E-state index contributed by atoms with van der Waals surface area (Å²) in [7, 11) is 0. The summed E-state index contributed by atoms with van der Waals surface area (Å²) in [6.45, 7) is 3.06. The van der Waals surface area contributed by atoms with E-state index < -0.39 is 6.36 Å². The minimum Gasteiger partial charge on any atom is -0.406 e. The molecule has 0 saturated heterocycles. The molecule has 0 radical (unpaired) electrons. The van der Waals surface area contributed by atoms with E-state index in [0.717, 1.165) is 12.4 Å². The quantitative estimate of drug-likeness (QED) is 0.702. The summed E-state index contributed by atoms with van der Waals surface area (Å²) in [6.07, 6.45) is -2.63. The molecule has 2 heterocycles. The molecule has 1 amide bonds. The zero-order valence-electron chi connectivity index (χ0n) is 13.8. The third-order valence-electron chi connectivity index (χ3n) is 3.74. The van der Waals surface area contributed by atoms with Crippen molar-refractivity contribution in [2.45, 2.75) is 26.3 Å². The zero-order valence-corrected chi connectivity index (χ0v) is 13.8. The number of alkyl halides is 3. The van der Waals surface area contributed by atoms with Gasteiger partial charge in [0.2, 0.25) is 0 Å². The summed E-state index contributed by atoms with van der Waals surface area (Å²) >= 11 is 0. The Morgan fingerprint density at radius 3 is 2.88 bits per heavy atom. The molecule has 7 nitrogen and oxygen atoms in total. The monoisotopic (exact) mass is 367 g/mol. The van der Waals surface area contributed by atoms with Crippen molar-refractivity contribution in [3.05, 3.63) is 42.1 Å². The van der Waals surface area contributed by atoms with Crippen molar-refractivity contribution in [3.63, 3.8) is 0 Å². The van der Waals surface area contributed by atoms with Crippen LogP contribution in [0, 0.1) is 0 Å². The Bertz CT molecular complexity index is 916. The maximum atomic E-state index is 12.3. The normalized spacial score (nSPS) is 11.7. The summed E-state index contributed by atoms with van der Waals surface area (Å²) in [5.41, 5.74) is 0.628. The molecule has 0 aliphatic rings. The van der Waals surface area contributed by atoms with Gasteiger partial charge in [-0.25, -0.2) is 0 Å². The number of benzene rings is 1. The molecular weight excluding hydrogens is 351 g/mol. The molecule has 0 aliphatic heterocycles. The number of aromatic nitrogens is 4. The van der Waals surface area contributed by atoms with E-state index in [0.29, 0.717) is 23.9 Å². The number of rotatable bonds is 6. The van der Waals surface area contributed by atoms with Gasteiger partial charge in [0.15, 0.2) is 0 Å². The van der Waals surface area contributed by atoms with E-state index in [1.807, 2.05) is 11.5 Å². The molecular formula is C16H16F3N5O2. The lowest BCUT2D eigenvalue weighted by Gasteiger charge is -2.08. The molecule has 138 valence electrons. The number of aryl methyl sites for hydroxylation is 1. The first-order valence-electron chi connectivity index (χ1n) is 7.89. The summed E-state index contributed by atoms with van der Waals surface area (Å²) < 4.78 is 42.6. The number of hydrogen-bond acceptors (Lipinski definition) is 4. The second-order valence-electron chi connectivity index (χ2n) is 5.52. The van der Waals surface area contributed by atoms with E-state index in [-0.39, 0.29) is 17.4 Å². The third-order valence-corrected chi connectivity index (χ3v) is 3.74. The number of aromatic amines is 1. The van der Waals surface area contributed by atoms with E-state index in [1.165, 1.54) is 18.2 Å². The van der Waals surface area contributed by atoms with Crippen LogP contribution in [0.25, 0.3) is 10.9 Å². The number of fused-ring (bicyclic) bond motifs is 1. The van der Waals surface area contributed by atoms with Crippen LogP contribution in [0.1, 0.15) is 23.2 Å². The average Bonchev–Trinajstić information content (AvgIpc) is 3.18. The number of hydrogen-bond donors (Lipinski definition) is 2. The number of carbonyl (C=O) groups is 1. The fourth-order valence-corrected chi connectivity index (χ4v) is 2.55. The van der Waals surface area contributed by atoms with Crippen LogP contribution in [0.3, 0.4) is 0 Å². The minimum atomic E-state index is -4.76. The lowest BCUT2D eigenvalue weighted by atomic mass is 10.2. The molecule has 0 saturated carbocycles. The molecule has 0 unspecified atom stereocenters. The van der Waals surface area contributed by atoms with Crippen molar-refractivity contribution in [2.75, 3.05) is 6.54 Å². The van der Waals surface area contributed by atoms with Crippen LogP contribution in [-0.2, 0) is 13.0 Å². The van der Waals surface area contributed by atoms with Crippen molar-refractivity contribution in [1.29, 1.82) is 0 Å². The van der Waals surface area contributed by atoms with Crippen molar-refractivity contribution >= 4 is 16.8 Å². The summed E-state index contributed by atoms with van der Waals surface area (Å²) in [5, 5.41) is 11.1. The Kier molecular flexibility index (Phi) is 4.83. The Hall–Kier alpha value is -3.04. The number of carbonyl (C=O) groups excluding carboxylic acids is 1. The molecule has 3 aromatic rings. The number of amides is 1. The topological polar surface area (TPSA) is 84.8 Å². The van der Waals surface area contributed by atoms with E-state index in [1.54, 1.807) is 12.4 Å². The standard InChI is InChI=1S/C16H16F3N5O2/c1-2-24-9-21-23-14(24)5-6-20-15(25)13-7-10-3-4-11(8-12(10)22-13)26-16(17,18)19/h3-4,7-9,22H,2,5-6H2,1H3,(H,20,25). The molecule has 0 atom stereocenters. The van der Waals surface area contributed by atoms with Gasteiger partial charge >= 0.3 is 6.36 Å². The van der Waals surface area contributed by atoms with Gasteiger partial charge in [0.05, 0.1) is 0 Å². The minimum absolute atomic E-state index is 0.251. The van der Waals surface area contributed by atoms with Crippen molar-refractivity contribution in [2.24, 2.45) is 0 Å². The highest BCUT2D eigenvalue weighted by Gasteiger charge is 2.31. The Labute approximate surface area is 146 Å². The van der Waals surface area contributed by atoms with E-state index >= 15 is 0 Å². The number of ether oxygens (including phenoxy) is 1. The molecule has 2 aromatic heterocycles. The van der Waals surface area contributed by atoms with Gasteiger partial charge in [-0.2, -0.15) is 0 Å². The van der Waals surface area contributed by atoms with Crippen LogP contribution < -0.4 is 10.1 Å². The van der Waals surface area contributed by atoms with E-state index in [9.17, 15) is 18.0 Å². The van der Waals surface area contributed by atoms with Gasteiger partial charge in [0.1, 0.15) is 23.6 Å². The molecule has 1 aromatic carbocycles. The van der Waals surface area contributed by atoms with Crippen molar-refractivity contribution < 1.29 is 22.7 Å². The molecule has 3 rings (SSSR count). The Morgan fingerprint density at radius 1 is 1.35 bits per heavy atom. The molecule has 0 spiro atoms. The first-order valence-corrected chi connectivity index (χ1v) is 7.89. The van der Waals surface area contributed by atoms with Crippen LogP contribution >= 0.6 is 0 Å². The van der Waals surface area contributed by atoms with E-state index in [2.05, 4.69) is 25.2 Å². The third kappa shape index (κ3) is 4.13. The molecule has 2 N–H and O–H groups in total. The van der Waals surface area contributed by atoms with Crippen molar-refractivity contribution in [1.82, 2.24) is 25.1 Å². The highest BCUT2D eigenvalue weighted by molar-refractivity contribution is 5.98. The second kappa shape index (κ2) is 7.06. The largest absolute Gasteiger partial charge is 0.573 e. The zero-order chi connectivity index (χ0) is 18.7. The first kappa shape index (κ1) is 17.8. The van der Waals surface area contributed by atoms with Gasteiger partial charge in [-0.3, -0.25) is 4.79 Å². The molecule has 0 bridgehead atoms. The van der Waals surface area contributed by atoms with Crippen LogP contribution in [-0.4, -0.2) is 38.6 Å². The van der Waals surface area contributed by atoms with Gasteiger partial charge in [-0.15, -0.1) is 23.4 Å². The molecule has 0 aliphatic carbocycles. The maximum Gasteiger partial charge on any atom is 0.573 e. The van der Waals surface area contributed by atoms with Crippen LogP contribution in [0.2, 0.25) is 0 Å². The highest BCUT2D eigenvalue weighted by Crippen LogP contribution is 2.26. The lowest BCUT2D eigenvalue weighted by Crippen LogP contribution is -2.26. The van der Waals surface area contributed by atoms with Crippen LogP contribution in [0.4, 0.5) is 13.2 Å². The van der Waals surface area contributed by atoms with Gasteiger partial charge in [0.25, 0.3) is 5.91 Å². The Morgan fingerprint density at radius 2 is 2.15 bits per heavy atom. The fraction of sp³-hybridized carbons (Fsp3) is 0.312. The predicted octanol–water partition coefficient (Wildman–Crippen LogP) is 2.65. The summed E-state index contributed by atoms with van der Waals surface area (Å²) in [4.78, 5) is 15.0. The molecule has 26 heavy (non-hydrogen) atoms. The Balaban J connectivity index is 1.64. The van der Waals surface area contributed by atoms with E-state index in [4.69, 9.17) is 0 Å². The second-order valence-corrected chi connectivity index (χ2v) is 5.52. The molecule has 0 fully saturated rings. The smallest absolute Gasteiger partial charge is 0.406 e. The van der Waals surface area contributed by atoms with Gasteiger partial charge in [-0.1, -0.05) is 0 Å². The predicted molar refractivity (Wildman–Crippen MR) is 86.7 cm³/mol. The SMILES string of the molecule is CCn1cnnc1CCNC(=O)c1cc2ccc(OC(F)(F)F)cc2[nH]1.